The van der Waals surface area contributed by atoms with Crippen LogP contribution in [0.1, 0.15) is 17.3 Å². The minimum absolute atomic E-state index is 0.00434. The summed E-state index contributed by atoms with van der Waals surface area (Å²) in [6.07, 6.45) is -0.882. The number of rotatable bonds is 4. The molecule has 0 radical (unpaired) electrons. The van der Waals surface area contributed by atoms with Crippen LogP contribution in [-0.4, -0.2) is 11.9 Å². The monoisotopic (exact) mass is 390 g/mol. The summed E-state index contributed by atoms with van der Waals surface area (Å²) in [5.41, 5.74) is 0.281. The van der Waals surface area contributed by atoms with Crippen LogP contribution >= 0.6 is 39.1 Å². The maximum Gasteiger partial charge on any atom is 0.204 e. The number of Topliss-reactive ketones (excluding diaryl/α,β-unsaturated/α-hetero) is 1. The molecule has 2 aromatic rings. The highest BCUT2D eigenvalue weighted by Crippen LogP contribution is 2.26. The molecule has 0 aliphatic heterocycles. The largest absolute Gasteiger partial charge is 0.479 e. The first-order valence-corrected chi connectivity index (χ1v) is 7.54. The van der Waals surface area contributed by atoms with E-state index in [1.54, 1.807) is 12.1 Å². The highest BCUT2D eigenvalue weighted by molar-refractivity contribution is 9.10. The molecule has 2 rings (SSSR count). The highest BCUT2D eigenvalue weighted by Gasteiger charge is 2.21. The number of halogens is 4. The molecule has 0 spiro atoms. The number of carbonyl (C=O) groups excluding carboxylic acids is 1. The summed E-state index contributed by atoms with van der Waals surface area (Å²) in [5.74, 6) is -0.897. The summed E-state index contributed by atoms with van der Waals surface area (Å²) >= 11 is 15.0. The second-order valence-corrected chi connectivity index (χ2v) is 6.08. The van der Waals surface area contributed by atoms with E-state index in [1.807, 2.05) is 0 Å². The number of hydrogen-bond donors (Lipinski definition) is 0. The summed E-state index contributed by atoms with van der Waals surface area (Å²) < 4.78 is 19.7. The first-order chi connectivity index (χ1) is 9.88. The molecule has 2 nitrogen and oxygen atoms in total. The second-order valence-electron chi connectivity index (χ2n) is 4.32. The molecule has 0 fully saturated rings. The van der Waals surface area contributed by atoms with Gasteiger partial charge in [0, 0.05) is 15.1 Å². The predicted octanol–water partition coefficient (Wildman–Crippen LogP) is 5.55. The lowest BCUT2D eigenvalue weighted by molar-refractivity contribution is 0.0812. The summed E-state index contributed by atoms with van der Waals surface area (Å²) in [7, 11) is 0. The molecule has 0 saturated heterocycles. The number of hydrogen-bond acceptors (Lipinski definition) is 2. The van der Waals surface area contributed by atoms with Gasteiger partial charge in [-0.2, -0.15) is 0 Å². The summed E-state index contributed by atoms with van der Waals surface area (Å²) in [6.45, 7) is 1.54. The van der Waals surface area contributed by atoms with Gasteiger partial charge in [-0.25, -0.2) is 4.39 Å². The zero-order valence-corrected chi connectivity index (χ0v) is 14.0. The average molecular weight is 392 g/mol. The van der Waals surface area contributed by atoms with E-state index < -0.39 is 11.9 Å². The van der Waals surface area contributed by atoms with Crippen LogP contribution in [0.15, 0.2) is 40.9 Å². The van der Waals surface area contributed by atoms with Crippen molar-refractivity contribution in [1.82, 2.24) is 0 Å². The van der Waals surface area contributed by atoms with Gasteiger partial charge >= 0.3 is 0 Å². The van der Waals surface area contributed by atoms with Crippen molar-refractivity contribution in [3.63, 3.8) is 0 Å². The zero-order chi connectivity index (χ0) is 15.6. The third-order valence-electron chi connectivity index (χ3n) is 2.76. The van der Waals surface area contributed by atoms with Crippen LogP contribution in [0.25, 0.3) is 0 Å². The van der Waals surface area contributed by atoms with Gasteiger partial charge in [0.2, 0.25) is 5.78 Å². The van der Waals surface area contributed by atoms with Gasteiger partial charge in [0.05, 0.1) is 5.02 Å². The zero-order valence-electron chi connectivity index (χ0n) is 10.9. The Balaban J connectivity index is 2.21. The van der Waals surface area contributed by atoms with Crippen LogP contribution in [0.3, 0.4) is 0 Å². The lowest BCUT2D eigenvalue weighted by Crippen LogP contribution is -2.24. The van der Waals surface area contributed by atoms with Gasteiger partial charge in [-0.15, -0.1) is 0 Å². The Labute approximate surface area is 139 Å². The van der Waals surface area contributed by atoms with Crippen molar-refractivity contribution in [1.29, 1.82) is 0 Å². The van der Waals surface area contributed by atoms with Gasteiger partial charge in [-0.05, 0) is 43.3 Å². The van der Waals surface area contributed by atoms with E-state index in [9.17, 15) is 9.18 Å². The van der Waals surface area contributed by atoms with Crippen LogP contribution in [-0.2, 0) is 0 Å². The standard InChI is InChI=1S/C15H10BrCl2FO2/c1-8(21-14-6-9(16)2-5-13(14)19)15(20)11-4-3-10(17)7-12(11)18/h2-8H,1H3. The van der Waals surface area contributed by atoms with Crippen LogP contribution in [0.5, 0.6) is 5.75 Å². The number of carbonyl (C=O) groups is 1. The molecular formula is C15H10BrCl2FO2. The molecule has 0 amide bonds. The molecule has 21 heavy (non-hydrogen) atoms. The lowest BCUT2D eigenvalue weighted by atomic mass is 10.1. The Morgan fingerprint density at radius 1 is 1.24 bits per heavy atom. The third-order valence-corrected chi connectivity index (χ3v) is 3.80. The van der Waals surface area contributed by atoms with Gasteiger partial charge in [-0.1, -0.05) is 39.1 Å². The predicted molar refractivity (Wildman–Crippen MR) is 85.0 cm³/mol. The molecule has 0 N–H and O–H groups in total. The number of ether oxygens (including phenoxy) is 1. The molecule has 1 unspecified atom stereocenters. The van der Waals surface area contributed by atoms with Crippen LogP contribution in [0, 0.1) is 5.82 Å². The van der Waals surface area contributed by atoms with Crippen molar-refractivity contribution in [3.05, 3.63) is 62.3 Å². The van der Waals surface area contributed by atoms with E-state index >= 15 is 0 Å². The lowest BCUT2D eigenvalue weighted by Gasteiger charge is -2.15. The first-order valence-electron chi connectivity index (χ1n) is 5.99. The maximum absolute atomic E-state index is 13.6. The molecule has 0 aliphatic rings. The summed E-state index contributed by atoms with van der Waals surface area (Å²) in [6, 6.07) is 8.82. The summed E-state index contributed by atoms with van der Waals surface area (Å²) in [5, 5.41) is 0.667. The third kappa shape index (κ3) is 3.96. The molecule has 0 aliphatic carbocycles. The molecule has 2 aromatic carbocycles. The van der Waals surface area contributed by atoms with E-state index in [0.29, 0.717) is 9.50 Å². The van der Waals surface area contributed by atoms with Crippen LogP contribution in [0.2, 0.25) is 10.0 Å². The van der Waals surface area contributed by atoms with Crippen molar-refractivity contribution in [2.24, 2.45) is 0 Å². The molecule has 6 heteroatoms. The van der Waals surface area contributed by atoms with Crippen LogP contribution in [0.4, 0.5) is 4.39 Å². The van der Waals surface area contributed by atoms with E-state index in [0.717, 1.165) is 0 Å². The van der Waals surface area contributed by atoms with Gasteiger partial charge in [0.25, 0.3) is 0 Å². The molecular weight excluding hydrogens is 382 g/mol. The van der Waals surface area contributed by atoms with Gasteiger partial charge in [-0.3, -0.25) is 4.79 Å². The topological polar surface area (TPSA) is 26.3 Å². The van der Waals surface area contributed by atoms with Gasteiger partial charge in [0.15, 0.2) is 17.7 Å². The van der Waals surface area contributed by atoms with Crippen molar-refractivity contribution in [3.8, 4) is 5.75 Å². The Kier molecular flexibility index (Phi) is 5.25. The normalized spacial score (nSPS) is 12.0. The smallest absolute Gasteiger partial charge is 0.204 e. The second kappa shape index (κ2) is 6.77. The molecule has 110 valence electrons. The number of benzene rings is 2. The van der Waals surface area contributed by atoms with E-state index in [4.69, 9.17) is 27.9 Å². The number of ketones is 1. The fourth-order valence-electron chi connectivity index (χ4n) is 1.72. The summed E-state index contributed by atoms with van der Waals surface area (Å²) in [4.78, 5) is 12.3. The van der Waals surface area contributed by atoms with Crippen molar-refractivity contribution >= 4 is 44.9 Å². The maximum atomic E-state index is 13.6. The quantitative estimate of drug-likeness (QED) is 0.639. The van der Waals surface area contributed by atoms with Gasteiger partial charge in [0.1, 0.15) is 0 Å². The Morgan fingerprint density at radius 2 is 1.95 bits per heavy atom. The Hall–Kier alpha value is -1.10. The SMILES string of the molecule is CC(Oc1cc(Br)ccc1F)C(=O)c1ccc(Cl)cc1Cl. The fraction of sp³-hybridized carbons (Fsp3) is 0.133. The fourth-order valence-corrected chi connectivity index (χ4v) is 2.56. The molecule has 0 saturated carbocycles. The first kappa shape index (κ1) is 16.3. The molecule has 1 atom stereocenters. The van der Waals surface area contributed by atoms with E-state index in [2.05, 4.69) is 15.9 Å². The average Bonchev–Trinajstić information content (AvgIpc) is 2.42. The van der Waals surface area contributed by atoms with E-state index in [-0.39, 0.29) is 22.1 Å². The highest BCUT2D eigenvalue weighted by atomic mass is 79.9. The minimum atomic E-state index is -0.882. The van der Waals surface area contributed by atoms with Gasteiger partial charge < -0.3 is 4.74 Å². The van der Waals surface area contributed by atoms with E-state index in [1.165, 1.54) is 31.2 Å². The molecule has 0 bridgehead atoms. The van der Waals surface area contributed by atoms with Crippen molar-refractivity contribution < 1.29 is 13.9 Å². The Bertz CT molecular complexity index is 691. The molecule has 0 heterocycles. The van der Waals surface area contributed by atoms with Crippen molar-refractivity contribution in [2.45, 2.75) is 13.0 Å². The molecule has 0 aromatic heterocycles. The van der Waals surface area contributed by atoms with Crippen molar-refractivity contribution in [2.75, 3.05) is 0 Å². The Morgan fingerprint density at radius 3 is 2.62 bits per heavy atom. The van der Waals surface area contributed by atoms with Crippen LogP contribution < -0.4 is 4.74 Å². The minimum Gasteiger partial charge on any atom is -0.479 e.